The Morgan fingerprint density at radius 1 is 1.30 bits per heavy atom. The van der Waals surface area contributed by atoms with Crippen molar-refractivity contribution in [2.24, 2.45) is 0 Å². The summed E-state index contributed by atoms with van der Waals surface area (Å²) in [5.41, 5.74) is 1.29. The van der Waals surface area contributed by atoms with Crippen molar-refractivity contribution in [1.29, 1.82) is 0 Å². The molecule has 0 saturated heterocycles. The maximum absolute atomic E-state index is 11.0. The van der Waals surface area contributed by atoms with Crippen molar-refractivity contribution in [3.05, 3.63) is 71.7 Å². The van der Waals surface area contributed by atoms with E-state index in [-0.39, 0.29) is 12.1 Å². The van der Waals surface area contributed by atoms with Gasteiger partial charge in [0.15, 0.2) is 0 Å². The molecule has 2 aromatic carbocycles. The summed E-state index contributed by atoms with van der Waals surface area (Å²) in [4.78, 5) is 10.5. The molecule has 0 fully saturated rings. The second-order valence-electron chi connectivity index (χ2n) is 4.27. The first-order chi connectivity index (χ1) is 9.49. The molecule has 4 nitrogen and oxygen atoms in total. The van der Waals surface area contributed by atoms with Gasteiger partial charge in [-0.25, -0.2) is 0 Å². The average Bonchev–Trinajstić information content (AvgIpc) is 2.41. The molecule has 0 radical (unpaired) electrons. The number of nitro benzene ring substituents is 1. The molecule has 20 heavy (non-hydrogen) atoms. The van der Waals surface area contributed by atoms with Crippen LogP contribution in [-0.4, -0.2) is 10.0 Å². The lowest BCUT2D eigenvalue weighted by Crippen LogP contribution is -2.05. The van der Waals surface area contributed by atoms with Crippen LogP contribution in [0.15, 0.2) is 46.9 Å². The highest BCUT2D eigenvalue weighted by molar-refractivity contribution is 14.1. The van der Waals surface area contributed by atoms with E-state index in [0.29, 0.717) is 5.56 Å². The summed E-state index contributed by atoms with van der Waals surface area (Å²) in [7, 11) is 0. The fraction of sp³-hybridized carbons (Fsp3) is 0.143. The van der Waals surface area contributed by atoms with Crippen LogP contribution in [0.4, 0.5) is 5.69 Å². The van der Waals surface area contributed by atoms with Crippen LogP contribution in [0.3, 0.4) is 0 Å². The number of nitrogens with zero attached hydrogens (tertiary/aromatic N) is 1. The third-order valence-corrected chi connectivity index (χ3v) is 4.31. The van der Waals surface area contributed by atoms with Crippen LogP contribution in [-0.2, 0) is 6.42 Å². The van der Waals surface area contributed by atoms with Crippen molar-refractivity contribution >= 4 is 44.2 Å². The Bertz CT molecular complexity index is 648. The van der Waals surface area contributed by atoms with Gasteiger partial charge >= 0.3 is 0 Å². The molecule has 0 aromatic heterocycles. The van der Waals surface area contributed by atoms with Gasteiger partial charge in [0, 0.05) is 26.1 Å². The Kier molecular flexibility index (Phi) is 5.11. The summed E-state index contributed by atoms with van der Waals surface area (Å²) >= 11 is 5.56. The van der Waals surface area contributed by atoms with Gasteiger partial charge < -0.3 is 5.11 Å². The fourth-order valence-corrected chi connectivity index (χ4v) is 2.98. The molecule has 0 saturated carbocycles. The topological polar surface area (TPSA) is 63.4 Å². The number of rotatable bonds is 4. The highest BCUT2D eigenvalue weighted by Gasteiger charge is 2.18. The van der Waals surface area contributed by atoms with Gasteiger partial charge in [-0.2, -0.15) is 0 Å². The van der Waals surface area contributed by atoms with E-state index in [0.717, 1.165) is 13.6 Å². The minimum Gasteiger partial charge on any atom is -0.388 e. The van der Waals surface area contributed by atoms with Crippen LogP contribution in [0.1, 0.15) is 17.2 Å². The average molecular weight is 448 g/mol. The summed E-state index contributed by atoms with van der Waals surface area (Å²) in [6.07, 6.45) is -0.587. The number of hydrogen-bond donors (Lipinski definition) is 1. The molecule has 1 atom stereocenters. The smallest absolute Gasteiger partial charge is 0.272 e. The first kappa shape index (κ1) is 15.4. The van der Waals surface area contributed by atoms with Crippen LogP contribution in [0.5, 0.6) is 0 Å². The molecule has 104 valence electrons. The molecule has 1 unspecified atom stereocenters. The molecule has 0 amide bonds. The monoisotopic (exact) mass is 447 g/mol. The fourth-order valence-electron chi connectivity index (χ4n) is 1.95. The Hall–Kier alpha value is -0.990. The van der Waals surface area contributed by atoms with Gasteiger partial charge in [-0.3, -0.25) is 10.1 Å². The van der Waals surface area contributed by atoms with Gasteiger partial charge in [0.25, 0.3) is 5.69 Å². The van der Waals surface area contributed by atoms with Crippen LogP contribution < -0.4 is 0 Å². The standard InChI is InChI=1S/C14H11BrINO3/c15-12-6-5-10(16)8-11(12)14(18)7-9-3-1-2-4-13(9)17(19)20/h1-6,8,14,18H,7H2. The number of benzene rings is 2. The minimum absolute atomic E-state index is 0.0355. The van der Waals surface area contributed by atoms with Crippen LogP contribution >= 0.6 is 38.5 Å². The van der Waals surface area contributed by atoms with Crippen molar-refractivity contribution in [3.63, 3.8) is 0 Å². The van der Waals surface area contributed by atoms with Crippen molar-refractivity contribution < 1.29 is 10.0 Å². The molecule has 0 heterocycles. The maximum Gasteiger partial charge on any atom is 0.272 e. The zero-order chi connectivity index (χ0) is 14.7. The van der Waals surface area contributed by atoms with Gasteiger partial charge in [0.1, 0.15) is 0 Å². The minimum atomic E-state index is -0.791. The zero-order valence-electron chi connectivity index (χ0n) is 10.3. The normalized spacial score (nSPS) is 12.2. The van der Waals surface area contributed by atoms with E-state index < -0.39 is 11.0 Å². The SMILES string of the molecule is O=[N+]([O-])c1ccccc1CC(O)c1cc(I)ccc1Br. The number of aliphatic hydroxyl groups is 1. The summed E-state index contributed by atoms with van der Waals surface area (Å²) in [6, 6.07) is 12.1. The lowest BCUT2D eigenvalue weighted by atomic mass is 10.0. The highest BCUT2D eigenvalue weighted by Crippen LogP contribution is 2.30. The van der Waals surface area contributed by atoms with E-state index in [9.17, 15) is 15.2 Å². The highest BCUT2D eigenvalue weighted by atomic mass is 127. The predicted molar refractivity (Wildman–Crippen MR) is 88.6 cm³/mol. The Morgan fingerprint density at radius 2 is 2.00 bits per heavy atom. The number of halogens is 2. The molecule has 2 aromatic rings. The van der Waals surface area contributed by atoms with E-state index in [1.165, 1.54) is 6.07 Å². The number of nitro groups is 1. The lowest BCUT2D eigenvalue weighted by molar-refractivity contribution is -0.385. The van der Waals surface area contributed by atoms with Gasteiger partial charge in [-0.15, -0.1) is 0 Å². The molecule has 0 aliphatic heterocycles. The number of para-hydroxylation sites is 1. The molecule has 0 aliphatic carbocycles. The van der Waals surface area contributed by atoms with E-state index in [1.807, 2.05) is 18.2 Å². The molecule has 1 N–H and O–H groups in total. The molecule has 6 heteroatoms. The van der Waals surface area contributed by atoms with E-state index in [1.54, 1.807) is 18.2 Å². The van der Waals surface area contributed by atoms with E-state index in [4.69, 9.17) is 0 Å². The van der Waals surface area contributed by atoms with Gasteiger partial charge in [-0.1, -0.05) is 34.1 Å². The van der Waals surface area contributed by atoms with Crippen molar-refractivity contribution in [3.8, 4) is 0 Å². The summed E-state index contributed by atoms with van der Waals surface area (Å²) in [5.74, 6) is 0. The first-order valence-electron chi connectivity index (χ1n) is 5.84. The Labute approximate surface area is 138 Å². The maximum atomic E-state index is 11.0. The molecule has 0 aliphatic rings. The first-order valence-corrected chi connectivity index (χ1v) is 7.71. The second kappa shape index (κ2) is 6.64. The van der Waals surface area contributed by atoms with Crippen molar-refractivity contribution in [2.45, 2.75) is 12.5 Å². The van der Waals surface area contributed by atoms with E-state index >= 15 is 0 Å². The lowest BCUT2D eigenvalue weighted by Gasteiger charge is -2.13. The van der Waals surface area contributed by atoms with Gasteiger partial charge in [0.2, 0.25) is 0 Å². The Balaban J connectivity index is 2.30. The largest absolute Gasteiger partial charge is 0.388 e. The van der Waals surface area contributed by atoms with Crippen molar-refractivity contribution in [1.82, 2.24) is 0 Å². The summed E-state index contributed by atoms with van der Waals surface area (Å²) in [6.45, 7) is 0. The predicted octanol–water partition coefficient (Wildman–Crippen LogP) is 4.24. The van der Waals surface area contributed by atoms with Crippen molar-refractivity contribution in [2.75, 3.05) is 0 Å². The molecule has 2 rings (SSSR count). The molecular weight excluding hydrogens is 437 g/mol. The summed E-state index contributed by atoms with van der Waals surface area (Å²) < 4.78 is 1.80. The number of aliphatic hydroxyl groups excluding tert-OH is 1. The quantitative estimate of drug-likeness (QED) is 0.433. The second-order valence-corrected chi connectivity index (χ2v) is 6.37. The third kappa shape index (κ3) is 3.56. The van der Waals surface area contributed by atoms with Crippen LogP contribution in [0.2, 0.25) is 0 Å². The molecule has 0 bridgehead atoms. The zero-order valence-corrected chi connectivity index (χ0v) is 14.0. The molecular formula is C14H11BrINO3. The van der Waals surface area contributed by atoms with Crippen LogP contribution in [0.25, 0.3) is 0 Å². The Morgan fingerprint density at radius 3 is 2.70 bits per heavy atom. The third-order valence-electron chi connectivity index (χ3n) is 2.92. The molecule has 0 spiro atoms. The van der Waals surface area contributed by atoms with Gasteiger partial charge in [0.05, 0.1) is 11.0 Å². The van der Waals surface area contributed by atoms with Crippen LogP contribution in [0, 0.1) is 13.7 Å². The van der Waals surface area contributed by atoms with Gasteiger partial charge in [-0.05, 0) is 46.4 Å². The summed E-state index contributed by atoms with van der Waals surface area (Å²) in [5, 5.41) is 21.3. The number of hydrogen-bond acceptors (Lipinski definition) is 3. The van der Waals surface area contributed by atoms with E-state index in [2.05, 4.69) is 38.5 Å².